The number of hydrogen-bond donors (Lipinski definition) is 1. The molecular weight excluding hydrogens is 371 g/mol. The summed E-state index contributed by atoms with van der Waals surface area (Å²) in [5.41, 5.74) is 0.993. The lowest BCUT2D eigenvalue weighted by molar-refractivity contribution is 0.602. The fourth-order valence-corrected chi connectivity index (χ4v) is 5.11. The van der Waals surface area contributed by atoms with Crippen molar-refractivity contribution in [3.63, 3.8) is 0 Å². The number of halogens is 1. The number of benzene rings is 1. The third-order valence-electron chi connectivity index (χ3n) is 4.89. The highest BCUT2D eigenvalue weighted by atomic mass is 32.2. The lowest BCUT2D eigenvalue weighted by Gasteiger charge is -2.36. The molecule has 0 aliphatic carbocycles. The van der Waals surface area contributed by atoms with Crippen LogP contribution in [-0.4, -0.2) is 67.3 Å². The van der Waals surface area contributed by atoms with E-state index in [1.165, 1.54) is 18.3 Å². The molecule has 1 N–H and O–H groups in total. The molecule has 0 saturated carbocycles. The van der Waals surface area contributed by atoms with Gasteiger partial charge in [0, 0.05) is 37.9 Å². The van der Waals surface area contributed by atoms with Crippen molar-refractivity contribution in [3.8, 4) is 0 Å². The van der Waals surface area contributed by atoms with Crippen molar-refractivity contribution in [1.82, 2.24) is 15.2 Å². The Morgan fingerprint density at radius 1 is 1.07 bits per heavy atom. The summed E-state index contributed by atoms with van der Waals surface area (Å²) in [4.78, 5) is 8.73. The monoisotopic (exact) mass is 392 g/mol. The van der Waals surface area contributed by atoms with Crippen LogP contribution in [0.1, 0.15) is 6.42 Å². The molecule has 144 valence electrons. The van der Waals surface area contributed by atoms with Gasteiger partial charge in [0.25, 0.3) is 0 Å². The second-order valence-electron chi connectivity index (χ2n) is 6.84. The topological polar surface area (TPSA) is 91.3 Å². The van der Waals surface area contributed by atoms with Gasteiger partial charge in [0.15, 0.2) is 15.7 Å². The van der Waals surface area contributed by atoms with Crippen molar-refractivity contribution in [3.05, 3.63) is 36.3 Å². The molecule has 0 amide bonds. The maximum Gasteiger partial charge on any atom is 0.247 e. The normalized spacial score (nSPS) is 22.0. The highest BCUT2D eigenvalue weighted by Crippen LogP contribution is 2.20. The number of piperazine rings is 1. The van der Waals surface area contributed by atoms with Gasteiger partial charge in [-0.1, -0.05) is 0 Å². The number of sulfone groups is 1. The van der Waals surface area contributed by atoms with E-state index in [4.69, 9.17) is 0 Å². The average Bonchev–Trinajstić information content (AvgIpc) is 3.01. The summed E-state index contributed by atoms with van der Waals surface area (Å²) >= 11 is 0. The molecule has 10 heteroatoms. The highest BCUT2D eigenvalue weighted by Gasteiger charge is 2.28. The largest absolute Gasteiger partial charge is 0.368 e. The minimum Gasteiger partial charge on any atom is -0.368 e. The minimum absolute atomic E-state index is 0.128. The molecule has 2 aromatic rings. The zero-order chi connectivity index (χ0) is 18.9. The maximum atomic E-state index is 13.1. The van der Waals surface area contributed by atoms with Crippen LogP contribution in [0.4, 0.5) is 21.8 Å². The quantitative estimate of drug-likeness (QED) is 0.822. The number of nitrogens with zero attached hydrogens (tertiary/aromatic N) is 5. The first kappa shape index (κ1) is 17.9. The second-order valence-corrected chi connectivity index (χ2v) is 9.07. The van der Waals surface area contributed by atoms with Gasteiger partial charge in [-0.25, -0.2) is 12.8 Å². The molecule has 1 aromatic heterocycles. The van der Waals surface area contributed by atoms with Gasteiger partial charge in [0.05, 0.1) is 17.7 Å². The summed E-state index contributed by atoms with van der Waals surface area (Å²) in [5.74, 6) is 1.17. The molecule has 0 bridgehead atoms. The lowest BCUT2D eigenvalue weighted by Crippen LogP contribution is -2.47. The van der Waals surface area contributed by atoms with E-state index in [0.29, 0.717) is 18.2 Å². The molecule has 2 saturated heterocycles. The van der Waals surface area contributed by atoms with Crippen molar-refractivity contribution < 1.29 is 12.8 Å². The van der Waals surface area contributed by atoms with E-state index in [1.807, 2.05) is 4.90 Å². The Morgan fingerprint density at radius 3 is 2.44 bits per heavy atom. The standard InChI is InChI=1S/C17H21FN6O2S/c18-13-1-3-15(4-2-13)23-6-8-24(9-7-23)17-21-16(11-19-22-17)20-14-5-10-27(25,26)12-14/h1-4,11,14H,5-10,12H2,(H,20,21,22). The van der Waals surface area contributed by atoms with Gasteiger partial charge in [0.2, 0.25) is 5.95 Å². The molecule has 0 spiro atoms. The van der Waals surface area contributed by atoms with Crippen molar-refractivity contribution in [1.29, 1.82) is 0 Å². The molecule has 1 aromatic carbocycles. The molecular formula is C17H21FN6O2S. The summed E-state index contributed by atoms with van der Waals surface area (Å²) < 4.78 is 36.3. The van der Waals surface area contributed by atoms with Gasteiger partial charge in [-0.2, -0.15) is 10.1 Å². The van der Waals surface area contributed by atoms with E-state index in [0.717, 1.165) is 31.9 Å². The Morgan fingerprint density at radius 2 is 1.78 bits per heavy atom. The maximum absolute atomic E-state index is 13.1. The van der Waals surface area contributed by atoms with Crippen LogP contribution in [0.5, 0.6) is 0 Å². The minimum atomic E-state index is -2.95. The predicted octanol–water partition coefficient (Wildman–Crippen LogP) is 0.936. The van der Waals surface area contributed by atoms with E-state index in [-0.39, 0.29) is 23.4 Å². The summed E-state index contributed by atoms with van der Waals surface area (Å²) in [6.07, 6.45) is 2.10. The van der Waals surface area contributed by atoms with E-state index in [1.54, 1.807) is 12.1 Å². The molecule has 2 fully saturated rings. The third-order valence-corrected chi connectivity index (χ3v) is 6.65. The van der Waals surface area contributed by atoms with E-state index >= 15 is 0 Å². The Labute approximate surface area is 157 Å². The summed E-state index contributed by atoms with van der Waals surface area (Å²) in [7, 11) is -2.95. The smallest absolute Gasteiger partial charge is 0.247 e. The molecule has 3 heterocycles. The first-order valence-electron chi connectivity index (χ1n) is 8.91. The fourth-order valence-electron chi connectivity index (χ4n) is 3.43. The van der Waals surface area contributed by atoms with Crippen LogP contribution >= 0.6 is 0 Å². The van der Waals surface area contributed by atoms with Crippen LogP contribution in [0.3, 0.4) is 0 Å². The van der Waals surface area contributed by atoms with E-state index in [2.05, 4.69) is 25.4 Å². The molecule has 1 atom stereocenters. The first-order valence-corrected chi connectivity index (χ1v) is 10.7. The Bertz CT molecular complexity index is 900. The third kappa shape index (κ3) is 4.26. The van der Waals surface area contributed by atoms with Gasteiger partial charge in [-0.3, -0.25) is 0 Å². The Balaban J connectivity index is 1.38. The van der Waals surface area contributed by atoms with Crippen LogP contribution in [0.15, 0.2) is 30.5 Å². The molecule has 2 aliphatic rings. The summed E-state index contributed by atoms with van der Waals surface area (Å²) in [5, 5.41) is 11.3. The highest BCUT2D eigenvalue weighted by molar-refractivity contribution is 7.91. The molecule has 27 heavy (non-hydrogen) atoms. The molecule has 4 rings (SSSR count). The zero-order valence-corrected chi connectivity index (χ0v) is 15.6. The lowest BCUT2D eigenvalue weighted by atomic mass is 10.2. The first-order chi connectivity index (χ1) is 13.0. The SMILES string of the molecule is O=S1(=O)CCC(Nc2cnnc(N3CCN(c4ccc(F)cc4)CC3)n2)C1. The Hall–Kier alpha value is -2.49. The van der Waals surface area contributed by atoms with Crippen LogP contribution in [0, 0.1) is 5.82 Å². The number of anilines is 3. The van der Waals surface area contributed by atoms with Crippen LogP contribution in [0.2, 0.25) is 0 Å². The number of hydrogen-bond acceptors (Lipinski definition) is 8. The number of rotatable bonds is 4. The van der Waals surface area contributed by atoms with Gasteiger partial charge in [-0.05, 0) is 30.7 Å². The van der Waals surface area contributed by atoms with Crippen molar-refractivity contribution in [2.24, 2.45) is 0 Å². The van der Waals surface area contributed by atoms with Crippen LogP contribution in [-0.2, 0) is 9.84 Å². The second kappa shape index (κ2) is 7.26. The van der Waals surface area contributed by atoms with Crippen molar-refractivity contribution >= 4 is 27.3 Å². The molecule has 1 unspecified atom stereocenters. The number of aromatic nitrogens is 3. The van der Waals surface area contributed by atoms with E-state index in [9.17, 15) is 12.8 Å². The van der Waals surface area contributed by atoms with Crippen molar-refractivity contribution in [2.45, 2.75) is 12.5 Å². The Kier molecular flexibility index (Phi) is 4.81. The van der Waals surface area contributed by atoms with Gasteiger partial charge >= 0.3 is 0 Å². The number of nitrogens with one attached hydrogen (secondary N) is 1. The van der Waals surface area contributed by atoms with E-state index < -0.39 is 9.84 Å². The molecule has 8 nitrogen and oxygen atoms in total. The predicted molar refractivity (Wildman–Crippen MR) is 101 cm³/mol. The fraction of sp³-hybridized carbons (Fsp3) is 0.471. The van der Waals surface area contributed by atoms with Crippen LogP contribution < -0.4 is 15.1 Å². The van der Waals surface area contributed by atoms with Gasteiger partial charge in [0.1, 0.15) is 5.82 Å². The zero-order valence-electron chi connectivity index (χ0n) is 14.8. The van der Waals surface area contributed by atoms with Gasteiger partial charge in [-0.15, -0.1) is 5.10 Å². The van der Waals surface area contributed by atoms with Crippen molar-refractivity contribution in [2.75, 3.05) is 52.8 Å². The average molecular weight is 392 g/mol. The molecule has 2 aliphatic heterocycles. The van der Waals surface area contributed by atoms with Crippen LogP contribution in [0.25, 0.3) is 0 Å². The van der Waals surface area contributed by atoms with Gasteiger partial charge < -0.3 is 15.1 Å². The summed E-state index contributed by atoms with van der Waals surface area (Å²) in [6.45, 7) is 2.99. The summed E-state index contributed by atoms with van der Waals surface area (Å²) in [6, 6.07) is 6.36. The molecule has 0 radical (unpaired) electrons.